The summed E-state index contributed by atoms with van der Waals surface area (Å²) in [6, 6.07) is 6.43. The number of alkyl halides is 3. The first-order valence-corrected chi connectivity index (χ1v) is 4.93. The Kier molecular flexibility index (Phi) is 3.16. The Hall–Kier alpha value is -2.51. The lowest BCUT2D eigenvalue weighted by Gasteiger charge is -2.05. The number of fused-ring (bicyclic) bond motifs is 1. The first-order valence-electron chi connectivity index (χ1n) is 4.93. The number of carbonyl (C=O) groups is 2. The number of halogens is 3. The molecule has 0 aliphatic heterocycles. The van der Waals surface area contributed by atoms with Crippen molar-refractivity contribution in [3.8, 4) is 0 Å². The van der Waals surface area contributed by atoms with Gasteiger partial charge in [-0.1, -0.05) is 12.1 Å². The molecule has 5 nitrogen and oxygen atoms in total. The monoisotopic (exact) mass is 270 g/mol. The van der Waals surface area contributed by atoms with Crippen molar-refractivity contribution in [1.82, 2.24) is 9.97 Å². The Bertz CT molecular complexity index is 655. The molecule has 0 fully saturated rings. The van der Waals surface area contributed by atoms with Crippen LogP contribution in [0.25, 0.3) is 11.0 Å². The summed E-state index contributed by atoms with van der Waals surface area (Å²) in [6.07, 6.45) is -4.30. The molecule has 0 saturated carbocycles. The van der Waals surface area contributed by atoms with Gasteiger partial charge in [-0.15, -0.1) is 0 Å². The van der Waals surface area contributed by atoms with E-state index in [9.17, 15) is 22.8 Å². The van der Waals surface area contributed by atoms with Crippen molar-refractivity contribution in [3.63, 3.8) is 0 Å². The third-order valence-electron chi connectivity index (χ3n) is 2.07. The Morgan fingerprint density at radius 3 is 2.37 bits per heavy atom. The maximum absolute atomic E-state index is 11.9. The molecule has 0 aliphatic carbocycles. The predicted octanol–water partition coefficient (Wildman–Crippen LogP) is 1.88. The lowest BCUT2D eigenvalue weighted by Crippen LogP contribution is -2.28. The lowest BCUT2D eigenvalue weighted by molar-refractivity contribution is -0.193. The van der Waals surface area contributed by atoms with E-state index < -0.39 is 23.8 Å². The maximum atomic E-state index is 11.9. The normalized spacial score (nSPS) is 11.3. The smallest absolute Gasteiger partial charge is 0.381 e. The molecule has 0 unspecified atom stereocenters. The van der Waals surface area contributed by atoms with Gasteiger partial charge in [-0.25, -0.2) is 14.6 Å². The van der Waals surface area contributed by atoms with Crippen molar-refractivity contribution < 1.29 is 27.5 Å². The van der Waals surface area contributed by atoms with Gasteiger partial charge in [0.25, 0.3) is 0 Å². The summed E-state index contributed by atoms with van der Waals surface area (Å²) >= 11 is 0. The average molecular weight is 270 g/mol. The van der Waals surface area contributed by atoms with Crippen LogP contribution in [0.1, 0.15) is 10.5 Å². The van der Waals surface area contributed by atoms with E-state index in [2.05, 4.69) is 14.7 Å². The molecule has 19 heavy (non-hydrogen) atoms. The summed E-state index contributed by atoms with van der Waals surface area (Å²) in [7, 11) is 0. The SMILES string of the molecule is O=C(OC(=O)C(F)(F)F)c1cnc2ccccc2n1. The molecule has 0 atom stereocenters. The molecule has 1 heterocycles. The zero-order valence-electron chi connectivity index (χ0n) is 9.14. The fourth-order valence-electron chi connectivity index (χ4n) is 1.25. The van der Waals surface area contributed by atoms with Crippen LogP contribution < -0.4 is 0 Å². The van der Waals surface area contributed by atoms with Crippen LogP contribution in [0, 0.1) is 0 Å². The first-order chi connectivity index (χ1) is 8.88. The third kappa shape index (κ3) is 2.84. The number of nitrogens with zero attached hydrogens (tertiary/aromatic N) is 2. The summed E-state index contributed by atoms with van der Waals surface area (Å²) < 4.78 is 39.4. The van der Waals surface area contributed by atoms with E-state index in [-0.39, 0.29) is 0 Å². The Morgan fingerprint density at radius 1 is 1.11 bits per heavy atom. The highest BCUT2D eigenvalue weighted by molar-refractivity contribution is 5.97. The van der Waals surface area contributed by atoms with Crippen molar-refractivity contribution >= 4 is 23.0 Å². The van der Waals surface area contributed by atoms with Crippen LogP contribution in [0.4, 0.5) is 13.2 Å². The number of hydrogen-bond acceptors (Lipinski definition) is 5. The molecule has 8 heteroatoms. The molecule has 0 aliphatic rings. The van der Waals surface area contributed by atoms with Crippen LogP contribution in [0.2, 0.25) is 0 Å². The summed E-state index contributed by atoms with van der Waals surface area (Å²) in [5.41, 5.74) is 0.286. The molecule has 0 spiro atoms. The van der Waals surface area contributed by atoms with Crippen molar-refractivity contribution in [2.24, 2.45) is 0 Å². The van der Waals surface area contributed by atoms with Crippen molar-refractivity contribution in [1.29, 1.82) is 0 Å². The molecule has 0 amide bonds. The molecule has 98 valence electrons. The van der Waals surface area contributed by atoms with Gasteiger partial charge in [-0.05, 0) is 12.1 Å². The van der Waals surface area contributed by atoms with Gasteiger partial charge in [-0.2, -0.15) is 13.2 Å². The van der Waals surface area contributed by atoms with E-state index in [1.165, 1.54) is 6.07 Å². The molecule has 2 aromatic rings. The molecular weight excluding hydrogens is 265 g/mol. The second-order valence-corrected chi connectivity index (χ2v) is 3.42. The quantitative estimate of drug-likeness (QED) is 0.584. The zero-order chi connectivity index (χ0) is 14.0. The van der Waals surface area contributed by atoms with Crippen molar-refractivity contribution in [3.05, 3.63) is 36.2 Å². The van der Waals surface area contributed by atoms with Gasteiger partial charge in [0, 0.05) is 0 Å². The minimum Gasteiger partial charge on any atom is -0.381 e. The highest BCUT2D eigenvalue weighted by Gasteiger charge is 2.42. The topological polar surface area (TPSA) is 69.2 Å². The number of para-hydroxylation sites is 2. The third-order valence-corrected chi connectivity index (χ3v) is 2.07. The number of carbonyl (C=O) groups excluding carboxylic acids is 2. The van der Waals surface area contributed by atoms with Gasteiger partial charge < -0.3 is 4.74 Å². The largest absolute Gasteiger partial charge is 0.491 e. The predicted molar refractivity (Wildman–Crippen MR) is 56.0 cm³/mol. The maximum Gasteiger partial charge on any atom is 0.491 e. The number of esters is 2. The van der Waals surface area contributed by atoms with E-state index in [4.69, 9.17) is 0 Å². The Morgan fingerprint density at radius 2 is 1.74 bits per heavy atom. The number of aromatic nitrogens is 2. The summed E-state index contributed by atoms with van der Waals surface area (Å²) in [4.78, 5) is 29.4. The van der Waals surface area contributed by atoms with Gasteiger partial charge in [0.2, 0.25) is 0 Å². The minimum atomic E-state index is -5.24. The highest BCUT2D eigenvalue weighted by atomic mass is 19.4. The van der Waals surface area contributed by atoms with E-state index in [1.54, 1.807) is 18.2 Å². The van der Waals surface area contributed by atoms with Gasteiger partial charge >= 0.3 is 18.1 Å². The minimum absolute atomic E-state index is 0.302. The molecule has 1 aromatic heterocycles. The Balaban J connectivity index is 2.25. The summed E-state index contributed by atoms with van der Waals surface area (Å²) in [6.45, 7) is 0. The molecule has 2 rings (SSSR count). The highest BCUT2D eigenvalue weighted by Crippen LogP contribution is 2.17. The van der Waals surface area contributed by atoms with Crippen molar-refractivity contribution in [2.45, 2.75) is 6.18 Å². The fourth-order valence-corrected chi connectivity index (χ4v) is 1.25. The van der Waals surface area contributed by atoms with Crippen LogP contribution in [-0.2, 0) is 9.53 Å². The first kappa shape index (κ1) is 12.9. The molecule has 0 bridgehead atoms. The average Bonchev–Trinajstić information content (AvgIpc) is 2.37. The van der Waals surface area contributed by atoms with E-state index in [0.717, 1.165) is 6.20 Å². The zero-order valence-corrected chi connectivity index (χ0v) is 9.14. The second-order valence-electron chi connectivity index (χ2n) is 3.42. The number of hydrogen-bond donors (Lipinski definition) is 0. The molecule has 0 N–H and O–H groups in total. The second kappa shape index (κ2) is 4.63. The molecule has 0 radical (unpaired) electrons. The van der Waals surface area contributed by atoms with Gasteiger partial charge in [0.1, 0.15) is 0 Å². The standard InChI is InChI=1S/C11H5F3N2O3/c12-11(13,14)10(18)19-9(17)8-5-15-6-3-1-2-4-7(6)16-8/h1-5H. The number of rotatable bonds is 1. The van der Waals surface area contributed by atoms with Crippen LogP contribution in [0.3, 0.4) is 0 Å². The number of ether oxygens (including phenoxy) is 1. The molecule has 0 saturated heterocycles. The van der Waals surface area contributed by atoms with Crippen LogP contribution in [0.5, 0.6) is 0 Å². The molecular formula is C11H5F3N2O3. The Labute approximate surface area is 104 Å². The van der Waals surface area contributed by atoms with Gasteiger partial charge in [0.15, 0.2) is 5.69 Å². The fraction of sp³-hybridized carbons (Fsp3) is 0.0909. The van der Waals surface area contributed by atoms with E-state index in [1.807, 2.05) is 0 Å². The number of benzene rings is 1. The van der Waals surface area contributed by atoms with Crippen molar-refractivity contribution in [2.75, 3.05) is 0 Å². The van der Waals surface area contributed by atoms with Gasteiger partial charge in [0.05, 0.1) is 17.2 Å². The van der Waals surface area contributed by atoms with E-state index in [0.29, 0.717) is 11.0 Å². The van der Waals surface area contributed by atoms with Crippen LogP contribution in [-0.4, -0.2) is 28.1 Å². The lowest BCUT2D eigenvalue weighted by atomic mass is 10.3. The summed E-state index contributed by atoms with van der Waals surface area (Å²) in [5.74, 6) is -4.09. The van der Waals surface area contributed by atoms with Gasteiger partial charge in [-0.3, -0.25) is 4.98 Å². The van der Waals surface area contributed by atoms with Crippen LogP contribution >= 0.6 is 0 Å². The molecule has 1 aromatic carbocycles. The summed E-state index contributed by atoms with van der Waals surface area (Å²) in [5, 5.41) is 0. The van der Waals surface area contributed by atoms with E-state index >= 15 is 0 Å². The van der Waals surface area contributed by atoms with Crippen LogP contribution in [0.15, 0.2) is 30.5 Å².